The first-order valence-electron chi connectivity index (χ1n) is 7.03. The van der Waals surface area contributed by atoms with E-state index < -0.39 is 12.1 Å². The minimum absolute atomic E-state index is 0.0996. The maximum absolute atomic E-state index is 11.9. The molecule has 7 heteroatoms. The number of morpholine rings is 1. The lowest BCUT2D eigenvalue weighted by Crippen LogP contribution is -2.52. The zero-order valence-electron chi connectivity index (χ0n) is 12.5. The Hall–Kier alpha value is -1.34. The SMILES string of the molecule is CCC(C)N(C)CCNC(=O)N1CCOC(C(=O)O)C1. The average molecular weight is 287 g/mol. The van der Waals surface area contributed by atoms with Gasteiger partial charge < -0.3 is 25.0 Å². The smallest absolute Gasteiger partial charge is 0.334 e. The minimum atomic E-state index is -1.03. The van der Waals surface area contributed by atoms with E-state index in [0.29, 0.717) is 19.1 Å². The predicted octanol–water partition coefficient (Wildman–Crippen LogP) is 0.212. The van der Waals surface area contributed by atoms with Crippen LogP contribution in [0.4, 0.5) is 4.79 Å². The van der Waals surface area contributed by atoms with Gasteiger partial charge in [-0.15, -0.1) is 0 Å². The number of urea groups is 1. The van der Waals surface area contributed by atoms with E-state index in [0.717, 1.165) is 13.0 Å². The number of aliphatic carboxylic acids is 1. The highest BCUT2D eigenvalue weighted by atomic mass is 16.5. The second kappa shape index (κ2) is 8.06. The molecule has 0 aromatic carbocycles. The first kappa shape index (κ1) is 16.7. The molecule has 2 unspecified atom stereocenters. The van der Waals surface area contributed by atoms with Crippen molar-refractivity contribution in [3.63, 3.8) is 0 Å². The molecular formula is C13H25N3O4. The standard InChI is InChI=1S/C13H25N3O4/c1-4-10(2)15(3)6-5-14-13(19)16-7-8-20-11(9-16)12(17)18/h10-11H,4-9H2,1-3H3,(H,14,19)(H,17,18). The molecule has 0 aliphatic carbocycles. The lowest BCUT2D eigenvalue weighted by molar-refractivity contribution is -0.154. The third-order valence-electron chi connectivity index (χ3n) is 3.71. The highest BCUT2D eigenvalue weighted by Gasteiger charge is 2.28. The number of nitrogens with zero attached hydrogens (tertiary/aromatic N) is 2. The van der Waals surface area contributed by atoms with Crippen molar-refractivity contribution in [2.45, 2.75) is 32.4 Å². The van der Waals surface area contributed by atoms with Gasteiger partial charge in [0.2, 0.25) is 0 Å². The Bertz CT molecular complexity index is 338. The highest BCUT2D eigenvalue weighted by molar-refractivity contribution is 5.77. The van der Waals surface area contributed by atoms with Gasteiger partial charge in [0.25, 0.3) is 0 Å². The minimum Gasteiger partial charge on any atom is -0.479 e. The summed E-state index contributed by atoms with van der Waals surface area (Å²) in [6.07, 6.45) is 0.145. The fourth-order valence-corrected chi connectivity index (χ4v) is 1.97. The van der Waals surface area contributed by atoms with Crippen LogP contribution in [0.2, 0.25) is 0 Å². The molecule has 2 amide bonds. The molecule has 2 atom stereocenters. The molecule has 0 saturated carbocycles. The Morgan fingerprint density at radius 3 is 2.85 bits per heavy atom. The molecule has 1 saturated heterocycles. The average Bonchev–Trinajstić information content (AvgIpc) is 2.46. The fourth-order valence-electron chi connectivity index (χ4n) is 1.97. The maximum atomic E-state index is 11.9. The van der Waals surface area contributed by atoms with Gasteiger partial charge in [0, 0.05) is 25.7 Å². The molecule has 20 heavy (non-hydrogen) atoms. The van der Waals surface area contributed by atoms with E-state index in [9.17, 15) is 9.59 Å². The Kier molecular flexibility index (Phi) is 6.74. The lowest BCUT2D eigenvalue weighted by atomic mass is 10.2. The van der Waals surface area contributed by atoms with Crippen molar-refractivity contribution >= 4 is 12.0 Å². The number of carboxylic acid groups (broad SMARTS) is 1. The number of nitrogens with one attached hydrogen (secondary N) is 1. The molecule has 1 fully saturated rings. The highest BCUT2D eigenvalue weighted by Crippen LogP contribution is 2.05. The second-order valence-corrected chi connectivity index (χ2v) is 5.11. The zero-order chi connectivity index (χ0) is 15.1. The summed E-state index contributed by atoms with van der Waals surface area (Å²) >= 11 is 0. The topological polar surface area (TPSA) is 82.1 Å². The van der Waals surface area contributed by atoms with Crippen LogP contribution in [0, 0.1) is 0 Å². The van der Waals surface area contributed by atoms with Crippen molar-refractivity contribution in [3.05, 3.63) is 0 Å². The molecule has 0 radical (unpaired) electrons. The monoisotopic (exact) mass is 287 g/mol. The van der Waals surface area contributed by atoms with E-state index in [4.69, 9.17) is 9.84 Å². The number of carbonyl (C=O) groups excluding carboxylic acids is 1. The maximum Gasteiger partial charge on any atom is 0.334 e. The number of amides is 2. The second-order valence-electron chi connectivity index (χ2n) is 5.11. The molecule has 1 heterocycles. The summed E-state index contributed by atoms with van der Waals surface area (Å²) in [5.74, 6) is -1.03. The number of carboxylic acids is 1. The molecule has 7 nitrogen and oxygen atoms in total. The number of hydrogen-bond donors (Lipinski definition) is 2. The molecule has 0 aromatic heterocycles. The van der Waals surface area contributed by atoms with Gasteiger partial charge in [-0.05, 0) is 20.4 Å². The molecule has 1 rings (SSSR count). The third kappa shape index (κ3) is 4.97. The van der Waals surface area contributed by atoms with Gasteiger partial charge in [-0.3, -0.25) is 0 Å². The largest absolute Gasteiger partial charge is 0.479 e. The number of carbonyl (C=O) groups is 2. The van der Waals surface area contributed by atoms with Crippen molar-refractivity contribution in [1.29, 1.82) is 0 Å². The number of rotatable bonds is 6. The van der Waals surface area contributed by atoms with Crippen LogP contribution in [0.3, 0.4) is 0 Å². The summed E-state index contributed by atoms with van der Waals surface area (Å²) in [5.41, 5.74) is 0. The van der Waals surface area contributed by atoms with E-state index >= 15 is 0 Å². The van der Waals surface area contributed by atoms with Crippen LogP contribution in [0.25, 0.3) is 0 Å². The Balaban J connectivity index is 2.30. The molecule has 116 valence electrons. The third-order valence-corrected chi connectivity index (χ3v) is 3.71. The van der Waals surface area contributed by atoms with Gasteiger partial charge in [-0.25, -0.2) is 9.59 Å². The fraction of sp³-hybridized carbons (Fsp3) is 0.846. The number of likely N-dealkylation sites (N-methyl/N-ethyl adjacent to an activating group) is 1. The Labute approximate surface area is 119 Å². The van der Waals surface area contributed by atoms with Gasteiger partial charge in [0.15, 0.2) is 6.10 Å². The van der Waals surface area contributed by atoms with E-state index in [1.165, 1.54) is 4.90 Å². The van der Waals surface area contributed by atoms with E-state index in [1.807, 2.05) is 7.05 Å². The van der Waals surface area contributed by atoms with E-state index in [-0.39, 0.29) is 19.2 Å². The van der Waals surface area contributed by atoms with Crippen LogP contribution in [-0.4, -0.2) is 78.9 Å². The van der Waals surface area contributed by atoms with Crippen molar-refractivity contribution in [3.8, 4) is 0 Å². The molecular weight excluding hydrogens is 262 g/mol. The van der Waals surface area contributed by atoms with Crippen LogP contribution >= 0.6 is 0 Å². The van der Waals surface area contributed by atoms with Gasteiger partial charge in [-0.2, -0.15) is 0 Å². The summed E-state index contributed by atoms with van der Waals surface area (Å²) in [6, 6.07) is 0.254. The Morgan fingerprint density at radius 2 is 2.25 bits per heavy atom. The quantitative estimate of drug-likeness (QED) is 0.730. The Morgan fingerprint density at radius 1 is 1.55 bits per heavy atom. The van der Waals surface area contributed by atoms with Gasteiger partial charge in [0.1, 0.15) is 0 Å². The number of hydrogen-bond acceptors (Lipinski definition) is 4. The van der Waals surface area contributed by atoms with E-state index in [1.54, 1.807) is 0 Å². The summed E-state index contributed by atoms with van der Waals surface area (Å²) in [7, 11) is 2.02. The van der Waals surface area contributed by atoms with Crippen LogP contribution in [0.15, 0.2) is 0 Å². The molecule has 0 spiro atoms. The van der Waals surface area contributed by atoms with E-state index in [2.05, 4.69) is 24.1 Å². The van der Waals surface area contributed by atoms with Crippen LogP contribution in [-0.2, 0) is 9.53 Å². The molecule has 0 aromatic rings. The molecule has 2 N–H and O–H groups in total. The van der Waals surface area contributed by atoms with Crippen molar-refractivity contribution in [1.82, 2.24) is 15.1 Å². The van der Waals surface area contributed by atoms with Crippen molar-refractivity contribution < 1.29 is 19.4 Å². The van der Waals surface area contributed by atoms with Crippen LogP contribution in [0.5, 0.6) is 0 Å². The van der Waals surface area contributed by atoms with Crippen molar-refractivity contribution in [2.75, 3.05) is 39.8 Å². The summed E-state index contributed by atoms with van der Waals surface area (Å²) < 4.78 is 5.08. The first-order chi connectivity index (χ1) is 9.45. The zero-order valence-corrected chi connectivity index (χ0v) is 12.5. The normalized spacial score (nSPS) is 20.8. The van der Waals surface area contributed by atoms with Gasteiger partial charge in [-0.1, -0.05) is 6.92 Å². The summed E-state index contributed by atoms with van der Waals surface area (Å²) in [5, 5.41) is 11.7. The first-order valence-corrected chi connectivity index (χ1v) is 7.03. The molecule has 1 aliphatic rings. The van der Waals surface area contributed by atoms with Crippen LogP contribution < -0.4 is 5.32 Å². The summed E-state index contributed by atoms with van der Waals surface area (Å²) in [4.78, 5) is 26.5. The lowest BCUT2D eigenvalue weighted by Gasteiger charge is -2.31. The van der Waals surface area contributed by atoms with Gasteiger partial charge >= 0.3 is 12.0 Å². The predicted molar refractivity (Wildman–Crippen MR) is 74.7 cm³/mol. The van der Waals surface area contributed by atoms with Gasteiger partial charge in [0.05, 0.1) is 13.2 Å². The molecule has 0 bridgehead atoms. The summed E-state index contributed by atoms with van der Waals surface area (Å²) in [6.45, 7) is 6.37. The van der Waals surface area contributed by atoms with Crippen molar-refractivity contribution in [2.24, 2.45) is 0 Å². The van der Waals surface area contributed by atoms with Crippen LogP contribution in [0.1, 0.15) is 20.3 Å². The number of ether oxygens (including phenoxy) is 1. The molecule has 1 aliphatic heterocycles.